The molecule has 6 bridgehead atoms. The number of nitrogens with zero attached hydrogens (tertiary/aromatic N) is 2. The minimum absolute atomic E-state index is 0.0737. The van der Waals surface area contributed by atoms with Gasteiger partial charge in [-0.1, -0.05) is 35.3 Å². The van der Waals surface area contributed by atoms with Gasteiger partial charge in [-0.05, 0) is 122 Å². The predicted molar refractivity (Wildman–Crippen MR) is 225 cm³/mol. The van der Waals surface area contributed by atoms with E-state index in [2.05, 4.69) is 45.8 Å². The number of likely N-dealkylation sites (N-methyl/N-ethyl adjacent to an activating group) is 2. The second-order valence-corrected chi connectivity index (χ2v) is 17.4. The number of benzene rings is 5. The van der Waals surface area contributed by atoms with E-state index >= 15 is 0 Å². The van der Waals surface area contributed by atoms with Crippen molar-refractivity contribution in [1.29, 1.82) is 0 Å². The topological polar surface area (TPSA) is 108 Å². The highest BCUT2D eigenvalue weighted by molar-refractivity contribution is 7.92. The van der Waals surface area contributed by atoms with Gasteiger partial charge in [0.2, 0.25) is 5.75 Å². The van der Waals surface area contributed by atoms with Crippen molar-refractivity contribution in [2.75, 3.05) is 60.3 Å². The van der Waals surface area contributed by atoms with Crippen LogP contribution in [0.5, 0.6) is 46.0 Å². The molecular weight excluding hydrogens is 801 g/mol. The van der Waals surface area contributed by atoms with E-state index in [-0.39, 0.29) is 27.0 Å². The Morgan fingerprint density at radius 3 is 1.97 bits per heavy atom. The minimum Gasteiger partial charge on any atom is -0.493 e. The summed E-state index contributed by atoms with van der Waals surface area (Å²) in [6.07, 6.45) is 2.64. The highest BCUT2D eigenvalue weighted by atomic mass is 35.5. The van der Waals surface area contributed by atoms with Gasteiger partial charge in [0, 0.05) is 46.8 Å². The van der Waals surface area contributed by atoms with E-state index in [1.807, 2.05) is 31.3 Å². The highest BCUT2D eigenvalue weighted by Crippen LogP contribution is 2.52. The SMILES string of the molecule is COc1cc(NS(=O)(=O)c2cc(Cl)cc(Cl)c2)c2cc1Oc1ccc(cc1)C[C@H]1c3cc(c(OC)cc3CCN1C)Oc1c(OC)c(OC)cc3c1[C@H](C2)N(C)CC3. The molecule has 304 valence electrons. The molecule has 11 nitrogen and oxygen atoms in total. The number of ether oxygens (including phenoxy) is 6. The lowest BCUT2D eigenvalue weighted by Gasteiger charge is -2.37. The molecule has 0 spiro atoms. The van der Waals surface area contributed by atoms with Crippen LogP contribution in [0.2, 0.25) is 10.0 Å². The molecule has 1 N–H and O–H groups in total. The molecule has 9 rings (SSSR count). The zero-order valence-electron chi connectivity index (χ0n) is 33.2. The Labute approximate surface area is 349 Å². The fraction of sp³-hybridized carbons (Fsp3) is 0.318. The average Bonchev–Trinajstić information content (AvgIpc) is 3.20. The number of hydrogen-bond donors (Lipinski definition) is 1. The molecule has 0 fully saturated rings. The second kappa shape index (κ2) is 16.1. The molecule has 2 atom stereocenters. The van der Waals surface area contributed by atoms with Crippen molar-refractivity contribution in [2.45, 2.75) is 42.7 Å². The molecule has 5 aromatic rings. The zero-order valence-corrected chi connectivity index (χ0v) is 35.5. The molecule has 0 radical (unpaired) electrons. The fourth-order valence-corrected chi connectivity index (χ4v) is 10.1. The molecule has 14 heteroatoms. The highest BCUT2D eigenvalue weighted by Gasteiger charge is 2.36. The molecule has 0 saturated heterocycles. The van der Waals surface area contributed by atoms with Gasteiger partial charge < -0.3 is 28.4 Å². The molecule has 4 aliphatic heterocycles. The van der Waals surface area contributed by atoms with Gasteiger partial charge in [0.25, 0.3) is 10.0 Å². The Hall–Kier alpha value is -4.85. The first kappa shape index (κ1) is 40.0. The normalized spacial score (nSPS) is 17.9. The Bertz CT molecular complexity index is 2480. The number of halogens is 2. The lowest BCUT2D eigenvalue weighted by molar-refractivity contribution is 0.220. The number of rotatable bonds is 7. The summed E-state index contributed by atoms with van der Waals surface area (Å²) in [4.78, 5) is 4.52. The Morgan fingerprint density at radius 1 is 0.672 bits per heavy atom. The first-order chi connectivity index (χ1) is 27.9. The van der Waals surface area contributed by atoms with Gasteiger partial charge in [0.15, 0.2) is 34.5 Å². The van der Waals surface area contributed by atoms with E-state index in [0.717, 1.165) is 41.6 Å². The summed E-state index contributed by atoms with van der Waals surface area (Å²) >= 11 is 12.5. The van der Waals surface area contributed by atoms with E-state index in [1.165, 1.54) is 30.9 Å². The van der Waals surface area contributed by atoms with Crippen LogP contribution in [0.3, 0.4) is 0 Å². The first-order valence-electron chi connectivity index (χ1n) is 18.9. The molecule has 4 heterocycles. The van der Waals surface area contributed by atoms with Crippen molar-refractivity contribution in [3.8, 4) is 46.0 Å². The third-order valence-corrected chi connectivity index (χ3v) is 13.2. The Balaban J connectivity index is 1.36. The molecule has 0 amide bonds. The van der Waals surface area contributed by atoms with Gasteiger partial charge in [-0.3, -0.25) is 14.5 Å². The van der Waals surface area contributed by atoms with Crippen molar-refractivity contribution >= 4 is 38.9 Å². The summed E-state index contributed by atoms with van der Waals surface area (Å²) in [5, 5.41) is 0.381. The van der Waals surface area contributed by atoms with Crippen LogP contribution >= 0.6 is 23.2 Å². The van der Waals surface area contributed by atoms with Crippen LogP contribution in [0.4, 0.5) is 5.69 Å². The number of anilines is 1. The average molecular weight is 847 g/mol. The largest absolute Gasteiger partial charge is 0.493 e. The lowest BCUT2D eigenvalue weighted by atomic mass is 9.87. The maximum Gasteiger partial charge on any atom is 0.262 e. The van der Waals surface area contributed by atoms with E-state index in [0.29, 0.717) is 76.6 Å². The molecule has 0 unspecified atom stereocenters. The van der Waals surface area contributed by atoms with E-state index in [1.54, 1.807) is 27.4 Å². The van der Waals surface area contributed by atoms with Crippen LogP contribution in [0, 0.1) is 0 Å². The molecule has 5 aromatic carbocycles. The van der Waals surface area contributed by atoms with Crippen LogP contribution in [0.15, 0.2) is 77.7 Å². The van der Waals surface area contributed by atoms with Crippen LogP contribution in [-0.2, 0) is 35.7 Å². The molecule has 0 aromatic heterocycles. The van der Waals surface area contributed by atoms with Gasteiger partial charge in [0.05, 0.1) is 39.0 Å². The van der Waals surface area contributed by atoms with Gasteiger partial charge in [0.1, 0.15) is 5.75 Å². The summed E-state index contributed by atoms with van der Waals surface area (Å²) in [6, 6.07) is 21.6. The third kappa shape index (κ3) is 7.59. The predicted octanol–water partition coefficient (Wildman–Crippen LogP) is 9.27. The van der Waals surface area contributed by atoms with E-state index in [4.69, 9.17) is 51.6 Å². The Morgan fingerprint density at radius 2 is 1.29 bits per heavy atom. The summed E-state index contributed by atoms with van der Waals surface area (Å²) in [5.41, 5.74) is 6.31. The maximum absolute atomic E-state index is 14.0. The van der Waals surface area contributed by atoms with Crippen molar-refractivity contribution in [3.05, 3.63) is 116 Å². The fourth-order valence-electron chi connectivity index (χ4n) is 8.33. The Kier molecular flexibility index (Phi) is 11.1. The standard InChI is InChI=1S/C44H45Cl2N3O8S/c1-48-13-11-26-17-37(52-3)40-23-33(26)35(48)15-25-7-9-31(10-8-25)56-39-19-28(34(24-38(39)53-4)47-58(50,51)32-21-29(45)20-30(46)22-32)16-36-42-27(12-14-49(36)2)18-41(54-5)43(55-6)44(42)57-40/h7-10,17-24,35-36,47H,11-16H2,1-6H3/t35-,36-/m0/s1. The number of methoxy groups -OCH3 is 4. The van der Waals surface area contributed by atoms with Gasteiger partial charge in [-0.25, -0.2) is 8.42 Å². The smallest absolute Gasteiger partial charge is 0.262 e. The molecule has 4 aliphatic rings. The van der Waals surface area contributed by atoms with Crippen LogP contribution < -0.4 is 33.1 Å². The molecule has 0 aliphatic carbocycles. The van der Waals surface area contributed by atoms with Gasteiger partial charge >= 0.3 is 0 Å². The van der Waals surface area contributed by atoms with Crippen molar-refractivity contribution in [2.24, 2.45) is 0 Å². The van der Waals surface area contributed by atoms with E-state index in [9.17, 15) is 8.42 Å². The van der Waals surface area contributed by atoms with E-state index < -0.39 is 10.0 Å². The van der Waals surface area contributed by atoms with Crippen LogP contribution in [0.25, 0.3) is 0 Å². The minimum atomic E-state index is -4.19. The number of fused-ring (bicyclic) bond motifs is 2. The summed E-state index contributed by atoms with van der Waals surface area (Å²) < 4.78 is 68.4. The van der Waals surface area contributed by atoms with Gasteiger partial charge in [-0.15, -0.1) is 0 Å². The number of nitrogens with one attached hydrogen (secondary N) is 1. The molecule has 58 heavy (non-hydrogen) atoms. The molecule has 0 saturated carbocycles. The van der Waals surface area contributed by atoms with Crippen molar-refractivity contribution in [3.63, 3.8) is 0 Å². The summed E-state index contributed by atoms with van der Waals surface area (Å²) in [5.74, 6) is 3.96. The summed E-state index contributed by atoms with van der Waals surface area (Å²) in [6.45, 7) is 1.60. The second-order valence-electron chi connectivity index (χ2n) is 14.8. The first-order valence-corrected chi connectivity index (χ1v) is 21.2. The van der Waals surface area contributed by atoms with Crippen LogP contribution in [-0.4, -0.2) is 73.8 Å². The quantitative estimate of drug-likeness (QED) is 0.170. The van der Waals surface area contributed by atoms with Gasteiger partial charge in [-0.2, -0.15) is 0 Å². The van der Waals surface area contributed by atoms with Crippen molar-refractivity contribution in [1.82, 2.24) is 9.80 Å². The maximum atomic E-state index is 14.0. The third-order valence-electron chi connectivity index (χ3n) is 11.4. The number of hydrogen-bond acceptors (Lipinski definition) is 10. The summed E-state index contributed by atoms with van der Waals surface area (Å²) in [7, 11) is 6.39. The van der Waals surface area contributed by atoms with Crippen molar-refractivity contribution < 1.29 is 36.8 Å². The zero-order chi connectivity index (χ0) is 40.9. The van der Waals surface area contributed by atoms with Crippen LogP contribution in [0.1, 0.15) is 45.5 Å². The lowest BCUT2D eigenvalue weighted by Crippen LogP contribution is -2.34. The monoisotopic (exact) mass is 845 g/mol. The molecular formula is C44H45Cl2N3O8S. The number of sulfonamides is 1.